The molecule has 0 spiro atoms. The van der Waals surface area contributed by atoms with Crippen LogP contribution in [0.4, 0.5) is 0 Å². The summed E-state index contributed by atoms with van der Waals surface area (Å²) in [6, 6.07) is 10.8. The van der Waals surface area contributed by atoms with Gasteiger partial charge in [0.2, 0.25) is 0 Å². The van der Waals surface area contributed by atoms with Gasteiger partial charge in [0.15, 0.2) is 0 Å². The minimum absolute atomic E-state index is 0.167. The van der Waals surface area contributed by atoms with Gasteiger partial charge in [-0.3, -0.25) is 4.79 Å². The Kier molecular flexibility index (Phi) is 7.13. The van der Waals surface area contributed by atoms with Crippen LogP contribution in [0.1, 0.15) is 28.3 Å². The molecule has 158 valence electrons. The lowest BCUT2D eigenvalue weighted by Gasteiger charge is -2.14. The van der Waals surface area contributed by atoms with Crippen molar-refractivity contribution in [3.05, 3.63) is 58.5 Å². The predicted octanol–water partition coefficient (Wildman–Crippen LogP) is 4.91. The molecular formula is C22H24Cl2N4O2. The number of carbonyl (C=O) groups excluding carboxylic acids is 1. The van der Waals surface area contributed by atoms with Crippen molar-refractivity contribution in [2.75, 3.05) is 27.2 Å². The number of hydrogen-bond acceptors (Lipinski definition) is 5. The van der Waals surface area contributed by atoms with Crippen molar-refractivity contribution < 1.29 is 9.53 Å². The monoisotopic (exact) mass is 446 g/mol. The van der Waals surface area contributed by atoms with Crippen LogP contribution < -0.4 is 4.74 Å². The Hall–Kier alpha value is -2.41. The Morgan fingerprint density at radius 2 is 1.93 bits per heavy atom. The summed E-state index contributed by atoms with van der Waals surface area (Å²) in [4.78, 5) is 18.3. The average Bonchev–Trinajstić information content (AvgIpc) is 3.03. The van der Waals surface area contributed by atoms with Crippen LogP contribution in [0.25, 0.3) is 16.9 Å². The fourth-order valence-corrected chi connectivity index (χ4v) is 3.42. The molecule has 0 aliphatic heterocycles. The topological polar surface area (TPSA) is 60.3 Å². The molecule has 1 aromatic carbocycles. The zero-order valence-corrected chi connectivity index (χ0v) is 19.0. The van der Waals surface area contributed by atoms with Crippen LogP contribution in [0.5, 0.6) is 5.75 Å². The van der Waals surface area contributed by atoms with Crippen LogP contribution in [-0.2, 0) is 0 Å². The third-order valence-corrected chi connectivity index (χ3v) is 5.03. The lowest BCUT2D eigenvalue weighted by Crippen LogP contribution is -2.15. The van der Waals surface area contributed by atoms with Crippen molar-refractivity contribution in [3.63, 3.8) is 0 Å². The number of pyridine rings is 1. The summed E-state index contributed by atoms with van der Waals surface area (Å²) in [5.74, 6) is 0.566. The summed E-state index contributed by atoms with van der Waals surface area (Å²) >= 11 is 12.0. The minimum atomic E-state index is -0.620. The Morgan fingerprint density at radius 1 is 1.17 bits per heavy atom. The Bertz CT molecular complexity index is 1060. The summed E-state index contributed by atoms with van der Waals surface area (Å²) in [5.41, 5.74) is 4.07. The molecule has 8 heteroatoms. The SMILES string of the molecule is Cc1cc(C)n(-c2ccc(C(=O)Cl)nc2-c2ccc(Cl)c(OCCCN(C)C)c2)n1. The summed E-state index contributed by atoms with van der Waals surface area (Å²) < 4.78 is 7.70. The lowest BCUT2D eigenvalue weighted by molar-refractivity contribution is 0.107. The van der Waals surface area contributed by atoms with Gasteiger partial charge < -0.3 is 9.64 Å². The number of carbonyl (C=O) groups is 1. The molecule has 0 fully saturated rings. The first kappa shape index (κ1) is 22.3. The summed E-state index contributed by atoms with van der Waals surface area (Å²) in [5, 5.41) is 4.45. The molecule has 2 heterocycles. The maximum absolute atomic E-state index is 11.7. The summed E-state index contributed by atoms with van der Waals surface area (Å²) in [6.45, 7) is 5.35. The number of benzene rings is 1. The fraction of sp³-hybridized carbons (Fsp3) is 0.318. The van der Waals surface area contributed by atoms with Gasteiger partial charge >= 0.3 is 0 Å². The van der Waals surface area contributed by atoms with Crippen molar-refractivity contribution in [2.24, 2.45) is 0 Å². The van der Waals surface area contributed by atoms with E-state index in [1.54, 1.807) is 22.9 Å². The van der Waals surface area contributed by atoms with E-state index >= 15 is 0 Å². The van der Waals surface area contributed by atoms with Crippen LogP contribution >= 0.6 is 23.2 Å². The Labute approximate surface area is 186 Å². The first-order valence-corrected chi connectivity index (χ1v) is 10.3. The van der Waals surface area contributed by atoms with Crippen molar-refractivity contribution in [3.8, 4) is 22.7 Å². The average molecular weight is 447 g/mol. The van der Waals surface area contributed by atoms with Gasteiger partial charge in [0.1, 0.15) is 11.4 Å². The molecule has 30 heavy (non-hydrogen) atoms. The zero-order valence-electron chi connectivity index (χ0n) is 17.4. The number of halogens is 2. The highest BCUT2D eigenvalue weighted by Gasteiger charge is 2.17. The van der Waals surface area contributed by atoms with Gasteiger partial charge in [-0.05, 0) is 76.3 Å². The van der Waals surface area contributed by atoms with Crippen molar-refractivity contribution >= 4 is 28.4 Å². The van der Waals surface area contributed by atoms with E-state index in [9.17, 15) is 4.79 Å². The molecule has 0 amide bonds. The van der Waals surface area contributed by atoms with Crippen LogP contribution in [0, 0.1) is 13.8 Å². The molecule has 0 saturated heterocycles. The maximum Gasteiger partial charge on any atom is 0.270 e. The lowest BCUT2D eigenvalue weighted by atomic mass is 10.1. The number of nitrogens with zero attached hydrogens (tertiary/aromatic N) is 4. The molecule has 3 rings (SSSR count). The Balaban J connectivity index is 2.03. The number of rotatable bonds is 8. The summed E-state index contributed by atoms with van der Waals surface area (Å²) in [7, 11) is 4.04. The number of aryl methyl sites for hydroxylation is 2. The quantitative estimate of drug-likeness (QED) is 0.363. The molecule has 6 nitrogen and oxygen atoms in total. The van der Waals surface area contributed by atoms with E-state index in [1.165, 1.54) is 0 Å². The van der Waals surface area contributed by atoms with Gasteiger partial charge in [0, 0.05) is 17.8 Å². The third-order valence-electron chi connectivity index (χ3n) is 4.52. The molecule has 0 aliphatic rings. The van der Waals surface area contributed by atoms with Crippen LogP contribution in [0.15, 0.2) is 36.4 Å². The second kappa shape index (κ2) is 9.60. The van der Waals surface area contributed by atoms with Crippen LogP contribution in [-0.4, -0.2) is 52.2 Å². The molecule has 0 N–H and O–H groups in total. The van der Waals surface area contributed by atoms with Crippen LogP contribution in [0.2, 0.25) is 5.02 Å². The van der Waals surface area contributed by atoms with Gasteiger partial charge in [-0.25, -0.2) is 9.67 Å². The first-order valence-electron chi connectivity index (χ1n) is 9.58. The van der Waals surface area contributed by atoms with E-state index in [-0.39, 0.29) is 5.69 Å². The first-order chi connectivity index (χ1) is 14.3. The molecule has 0 saturated carbocycles. The summed E-state index contributed by atoms with van der Waals surface area (Å²) in [6.07, 6.45) is 0.874. The normalized spacial score (nSPS) is 11.2. The van der Waals surface area contributed by atoms with E-state index in [4.69, 9.17) is 27.9 Å². The molecule has 0 bridgehead atoms. The predicted molar refractivity (Wildman–Crippen MR) is 120 cm³/mol. The van der Waals surface area contributed by atoms with Crippen molar-refractivity contribution in [2.45, 2.75) is 20.3 Å². The largest absolute Gasteiger partial charge is 0.492 e. The Morgan fingerprint density at radius 3 is 2.57 bits per heavy atom. The minimum Gasteiger partial charge on any atom is -0.492 e. The zero-order chi connectivity index (χ0) is 21.8. The number of aromatic nitrogens is 3. The van der Waals surface area contributed by atoms with Gasteiger partial charge in [0.25, 0.3) is 5.24 Å². The second-order valence-electron chi connectivity index (χ2n) is 7.33. The second-order valence-corrected chi connectivity index (χ2v) is 8.08. The highest BCUT2D eigenvalue weighted by atomic mass is 35.5. The molecule has 0 atom stereocenters. The van der Waals surface area contributed by atoms with E-state index in [0.717, 1.165) is 35.6 Å². The molecule has 2 aromatic heterocycles. The van der Waals surface area contributed by atoms with E-state index in [0.29, 0.717) is 23.1 Å². The smallest absolute Gasteiger partial charge is 0.270 e. The third kappa shape index (κ3) is 5.19. The molecule has 0 radical (unpaired) electrons. The molecular weight excluding hydrogens is 423 g/mol. The van der Waals surface area contributed by atoms with Crippen molar-refractivity contribution in [1.29, 1.82) is 0 Å². The van der Waals surface area contributed by atoms with E-state index in [2.05, 4.69) is 15.0 Å². The van der Waals surface area contributed by atoms with E-state index < -0.39 is 5.24 Å². The van der Waals surface area contributed by atoms with Crippen molar-refractivity contribution in [1.82, 2.24) is 19.7 Å². The maximum atomic E-state index is 11.7. The van der Waals surface area contributed by atoms with Gasteiger partial charge in [-0.2, -0.15) is 5.10 Å². The van der Waals surface area contributed by atoms with Gasteiger partial charge in [-0.15, -0.1) is 0 Å². The van der Waals surface area contributed by atoms with Gasteiger partial charge in [-0.1, -0.05) is 17.7 Å². The fourth-order valence-electron chi connectivity index (χ4n) is 3.14. The van der Waals surface area contributed by atoms with Gasteiger partial charge in [0.05, 0.1) is 28.7 Å². The van der Waals surface area contributed by atoms with Crippen LogP contribution in [0.3, 0.4) is 0 Å². The number of hydrogen-bond donors (Lipinski definition) is 0. The molecule has 3 aromatic rings. The molecule has 0 aliphatic carbocycles. The van der Waals surface area contributed by atoms with E-state index in [1.807, 2.05) is 46.1 Å². The molecule has 0 unspecified atom stereocenters. The number of ether oxygens (including phenoxy) is 1. The standard InChI is InChI=1S/C22H24Cl2N4O2/c1-14-12-15(2)28(26-14)19-9-8-18(22(24)29)25-21(19)16-6-7-17(23)20(13-16)30-11-5-10-27(3)4/h6-9,12-13H,5,10-11H2,1-4H3. The highest BCUT2D eigenvalue weighted by Crippen LogP contribution is 2.33. The highest BCUT2D eigenvalue weighted by molar-refractivity contribution is 6.67.